The molecule has 1 aromatic carbocycles. The van der Waals surface area contributed by atoms with Gasteiger partial charge in [0.1, 0.15) is 5.75 Å². The van der Waals surface area contributed by atoms with Gasteiger partial charge in [0.2, 0.25) is 0 Å². The minimum absolute atomic E-state index is 0.000829. The summed E-state index contributed by atoms with van der Waals surface area (Å²) in [6.45, 7) is 0. The standard InChI is InChI=1S/C13H14ClNOS/c1-16-10-4-2-9(3-5-10)8-11(15)12-6-7-13(14)17-12/h2-7,11H,8,15H2,1H3. The molecule has 0 aliphatic carbocycles. The quantitative estimate of drug-likeness (QED) is 0.918. The summed E-state index contributed by atoms with van der Waals surface area (Å²) < 4.78 is 5.90. The third kappa shape index (κ3) is 3.22. The van der Waals surface area contributed by atoms with E-state index in [4.69, 9.17) is 22.1 Å². The Balaban J connectivity index is 2.04. The van der Waals surface area contributed by atoms with Crippen LogP contribution in [0, 0.1) is 0 Å². The zero-order chi connectivity index (χ0) is 12.3. The van der Waals surface area contributed by atoms with Crippen molar-refractivity contribution < 1.29 is 4.74 Å². The van der Waals surface area contributed by atoms with Gasteiger partial charge in [-0.2, -0.15) is 0 Å². The zero-order valence-corrected chi connectivity index (χ0v) is 11.1. The van der Waals surface area contributed by atoms with E-state index in [1.807, 2.05) is 36.4 Å². The predicted octanol–water partition coefficient (Wildman–Crippen LogP) is 3.65. The first kappa shape index (κ1) is 12.4. The van der Waals surface area contributed by atoms with Crippen molar-refractivity contribution in [1.29, 1.82) is 0 Å². The largest absolute Gasteiger partial charge is 0.497 e. The molecule has 0 fully saturated rings. The van der Waals surface area contributed by atoms with Crippen LogP contribution in [0.15, 0.2) is 36.4 Å². The van der Waals surface area contributed by atoms with Gasteiger partial charge in [-0.25, -0.2) is 0 Å². The van der Waals surface area contributed by atoms with E-state index in [2.05, 4.69) is 0 Å². The summed E-state index contributed by atoms with van der Waals surface area (Å²) in [4.78, 5) is 1.12. The van der Waals surface area contributed by atoms with Crippen molar-refractivity contribution in [2.75, 3.05) is 7.11 Å². The monoisotopic (exact) mass is 267 g/mol. The van der Waals surface area contributed by atoms with Crippen LogP contribution in [-0.4, -0.2) is 7.11 Å². The molecule has 1 heterocycles. The Kier molecular flexibility index (Phi) is 4.05. The fourth-order valence-corrected chi connectivity index (χ4v) is 2.71. The van der Waals surface area contributed by atoms with Crippen LogP contribution in [0.1, 0.15) is 16.5 Å². The summed E-state index contributed by atoms with van der Waals surface area (Å²) in [5.41, 5.74) is 7.33. The lowest BCUT2D eigenvalue weighted by Crippen LogP contribution is -2.11. The van der Waals surface area contributed by atoms with Crippen molar-refractivity contribution in [3.8, 4) is 5.75 Å². The molecular weight excluding hydrogens is 254 g/mol. The molecule has 0 radical (unpaired) electrons. The summed E-state index contributed by atoms with van der Waals surface area (Å²) in [7, 11) is 1.66. The maximum Gasteiger partial charge on any atom is 0.118 e. The number of halogens is 1. The lowest BCUT2D eigenvalue weighted by atomic mass is 10.1. The molecule has 4 heteroatoms. The minimum Gasteiger partial charge on any atom is -0.497 e. The smallest absolute Gasteiger partial charge is 0.118 e. The van der Waals surface area contributed by atoms with Gasteiger partial charge in [-0.3, -0.25) is 0 Å². The SMILES string of the molecule is COc1ccc(CC(N)c2ccc(Cl)s2)cc1. The first-order valence-electron chi connectivity index (χ1n) is 5.33. The molecule has 0 aliphatic heterocycles. The first-order chi connectivity index (χ1) is 8.19. The fraction of sp³-hybridized carbons (Fsp3) is 0.231. The molecular formula is C13H14ClNOS. The molecule has 0 bridgehead atoms. The summed E-state index contributed by atoms with van der Waals surface area (Å²) >= 11 is 7.43. The molecule has 1 unspecified atom stereocenters. The summed E-state index contributed by atoms with van der Waals surface area (Å²) in [5.74, 6) is 0.862. The topological polar surface area (TPSA) is 35.2 Å². The van der Waals surface area contributed by atoms with Gasteiger partial charge in [0.15, 0.2) is 0 Å². The Hall–Kier alpha value is -1.03. The highest BCUT2D eigenvalue weighted by molar-refractivity contribution is 7.16. The van der Waals surface area contributed by atoms with E-state index in [1.165, 1.54) is 16.9 Å². The molecule has 1 atom stereocenters. The number of ether oxygens (including phenoxy) is 1. The highest BCUT2D eigenvalue weighted by Gasteiger charge is 2.09. The van der Waals surface area contributed by atoms with Crippen molar-refractivity contribution in [2.45, 2.75) is 12.5 Å². The highest BCUT2D eigenvalue weighted by atomic mass is 35.5. The van der Waals surface area contributed by atoms with Crippen molar-refractivity contribution in [2.24, 2.45) is 5.73 Å². The van der Waals surface area contributed by atoms with Gasteiger partial charge in [0, 0.05) is 10.9 Å². The number of nitrogens with two attached hydrogens (primary N) is 1. The van der Waals surface area contributed by atoms with Crippen LogP contribution >= 0.6 is 22.9 Å². The predicted molar refractivity (Wildman–Crippen MR) is 73.0 cm³/mol. The lowest BCUT2D eigenvalue weighted by Gasteiger charge is -2.10. The lowest BCUT2D eigenvalue weighted by molar-refractivity contribution is 0.414. The minimum atomic E-state index is 0.000829. The number of thiophene rings is 1. The Bertz CT molecular complexity index is 480. The van der Waals surface area contributed by atoms with E-state index >= 15 is 0 Å². The van der Waals surface area contributed by atoms with E-state index in [-0.39, 0.29) is 6.04 Å². The van der Waals surface area contributed by atoms with E-state index in [9.17, 15) is 0 Å². The van der Waals surface area contributed by atoms with Crippen LogP contribution in [-0.2, 0) is 6.42 Å². The molecule has 2 rings (SSSR count). The van der Waals surface area contributed by atoms with Gasteiger partial charge in [0.25, 0.3) is 0 Å². The van der Waals surface area contributed by atoms with Crippen molar-refractivity contribution >= 4 is 22.9 Å². The molecule has 1 aromatic heterocycles. The molecule has 17 heavy (non-hydrogen) atoms. The molecule has 2 nitrogen and oxygen atoms in total. The maximum atomic E-state index is 6.13. The summed E-state index contributed by atoms with van der Waals surface area (Å²) in [6.07, 6.45) is 0.806. The molecule has 2 N–H and O–H groups in total. The highest BCUT2D eigenvalue weighted by Crippen LogP contribution is 2.27. The van der Waals surface area contributed by atoms with E-state index in [0.717, 1.165) is 21.4 Å². The van der Waals surface area contributed by atoms with Gasteiger partial charge in [0.05, 0.1) is 11.4 Å². The second kappa shape index (κ2) is 5.54. The van der Waals surface area contributed by atoms with Gasteiger partial charge in [-0.1, -0.05) is 23.7 Å². The third-order valence-corrected chi connectivity index (χ3v) is 3.94. The van der Waals surface area contributed by atoms with Crippen LogP contribution in [0.3, 0.4) is 0 Å². The molecule has 0 amide bonds. The van der Waals surface area contributed by atoms with Crippen LogP contribution in [0.4, 0.5) is 0 Å². The molecule has 0 saturated heterocycles. The van der Waals surface area contributed by atoms with Crippen molar-refractivity contribution in [3.05, 3.63) is 51.2 Å². The normalized spacial score (nSPS) is 12.4. The maximum absolute atomic E-state index is 6.13. The first-order valence-corrected chi connectivity index (χ1v) is 6.52. The molecule has 0 saturated carbocycles. The van der Waals surface area contributed by atoms with Crippen LogP contribution < -0.4 is 10.5 Å². The Morgan fingerprint density at radius 3 is 2.47 bits per heavy atom. The average molecular weight is 268 g/mol. The average Bonchev–Trinajstić information content (AvgIpc) is 2.77. The van der Waals surface area contributed by atoms with E-state index in [0.29, 0.717) is 0 Å². The van der Waals surface area contributed by atoms with Gasteiger partial charge >= 0.3 is 0 Å². The van der Waals surface area contributed by atoms with Crippen LogP contribution in [0.2, 0.25) is 4.34 Å². The summed E-state index contributed by atoms with van der Waals surface area (Å²) in [5, 5.41) is 0. The molecule has 2 aromatic rings. The van der Waals surface area contributed by atoms with Gasteiger partial charge in [-0.15, -0.1) is 11.3 Å². The fourth-order valence-electron chi connectivity index (χ4n) is 1.64. The molecule has 90 valence electrons. The number of hydrogen-bond acceptors (Lipinski definition) is 3. The van der Waals surface area contributed by atoms with E-state index in [1.54, 1.807) is 7.11 Å². The van der Waals surface area contributed by atoms with Crippen LogP contribution in [0.25, 0.3) is 0 Å². The summed E-state index contributed by atoms with van der Waals surface area (Å²) in [6, 6.07) is 11.8. The van der Waals surface area contributed by atoms with E-state index < -0.39 is 0 Å². The third-order valence-electron chi connectivity index (χ3n) is 2.57. The number of rotatable bonds is 4. The number of methoxy groups -OCH3 is 1. The molecule has 0 aliphatic rings. The molecule has 0 spiro atoms. The van der Waals surface area contributed by atoms with Crippen molar-refractivity contribution in [3.63, 3.8) is 0 Å². The Labute approximate surface area is 110 Å². The Morgan fingerprint density at radius 2 is 1.94 bits per heavy atom. The Morgan fingerprint density at radius 1 is 1.24 bits per heavy atom. The second-order valence-corrected chi connectivity index (χ2v) is 5.55. The number of benzene rings is 1. The zero-order valence-electron chi connectivity index (χ0n) is 9.52. The van der Waals surface area contributed by atoms with Gasteiger partial charge in [-0.05, 0) is 36.2 Å². The second-order valence-electron chi connectivity index (χ2n) is 3.80. The van der Waals surface area contributed by atoms with Crippen LogP contribution in [0.5, 0.6) is 5.75 Å². The van der Waals surface area contributed by atoms with Gasteiger partial charge < -0.3 is 10.5 Å². The number of hydrogen-bond donors (Lipinski definition) is 1. The van der Waals surface area contributed by atoms with Crippen molar-refractivity contribution in [1.82, 2.24) is 0 Å².